The minimum Gasteiger partial charge on any atom is -0.464 e. The molecule has 0 bridgehead atoms. The van der Waals surface area contributed by atoms with Gasteiger partial charge >= 0.3 is 12.1 Å². The summed E-state index contributed by atoms with van der Waals surface area (Å²) in [6.45, 7) is 7.30. The molecular formula is C19H28N4O4. The molecule has 0 unspecified atom stereocenters. The molecule has 1 saturated carbocycles. The SMILES string of the molecule is COC(=O)c1cnc(N2CC[C@@H](C3(N(C)C(=O)OC(C)(C)C)CC3)C2)cn1. The van der Waals surface area contributed by atoms with Crippen molar-refractivity contribution in [2.45, 2.75) is 51.2 Å². The lowest BCUT2D eigenvalue weighted by molar-refractivity contribution is 0.0134. The Morgan fingerprint density at radius 2 is 1.96 bits per heavy atom. The zero-order chi connectivity index (χ0) is 19.8. The first-order chi connectivity index (χ1) is 12.7. The molecule has 1 aromatic heterocycles. The Kier molecular flexibility index (Phi) is 5.01. The van der Waals surface area contributed by atoms with Gasteiger partial charge in [-0.25, -0.2) is 19.6 Å². The summed E-state index contributed by atoms with van der Waals surface area (Å²) in [4.78, 5) is 36.4. The van der Waals surface area contributed by atoms with Gasteiger partial charge in [-0.15, -0.1) is 0 Å². The molecule has 0 spiro atoms. The maximum atomic E-state index is 12.5. The Hall–Kier alpha value is -2.38. The monoisotopic (exact) mass is 376 g/mol. The number of anilines is 1. The van der Waals surface area contributed by atoms with Crippen LogP contribution in [0.3, 0.4) is 0 Å². The third-order valence-corrected chi connectivity index (χ3v) is 5.40. The third-order valence-electron chi connectivity index (χ3n) is 5.40. The van der Waals surface area contributed by atoms with Gasteiger partial charge in [-0.1, -0.05) is 0 Å². The fourth-order valence-electron chi connectivity index (χ4n) is 3.76. The van der Waals surface area contributed by atoms with Crippen molar-refractivity contribution in [3.63, 3.8) is 0 Å². The van der Waals surface area contributed by atoms with E-state index in [1.807, 2.05) is 27.8 Å². The van der Waals surface area contributed by atoms with E-state index in [0.717, 1.165) is 38.2 Å². The standard InChI is InChI=1S/C19H28N4O4/c1-18(2,3)27-17(25)22(4)19(7-8-19)13-6-9-23(12-13)15-11-20-14(10-21-15)16(24)26-5/h10-11,13H,6-9,12H2,1-5H3/t13-/m1/s1. The molecule has 2 heterocycles. The van der Waals surface area contributed by atoms with Gasteiger partial charge in [-0.3, -0.25) is 0 Å². The summed E-state index contributed by atoms with van der Waals surface area (Å²) in [5.74, 6) is 0.599. The predicted octanol–water partition coefficient (Wildman–Crippen LogP) is 2.49. The third kappa shape index (κ3) is 3.99. The van der Waals surface area contributed by atoms with Crippen molar-refractivity contribution in [1.82, 2.24) is 14.9 Å². The van der Waals surface area contributed by atoms with Gasteiger partial charge in [0, 0.05) is 26.1 Å². The Morgan fingerprint density at radius 1 is 1.26 bits per heavy atom. The highest BCUT2D eigenvalue weighted by molar-refractivity contribution is 5.86. The summed E-state index contributed by atoms with van der Waals surface area (Å²) >= 11 is 0. The molecule has 0 aromatic carbocycles. The second-order valence-corrected chi connectivity index (χ2v) is 8.33. The van der Waals surface area contributed by atoms with E-state index in [4.69, 9.17) is 4.74 Å². The first kappa shape index (κ1) is 19.4. The molecule has 1 aliphatic heterocycles. The van der Waals surface area contributed by atoms with Crippen LogP contribution in [-0.2, 0) is 9.47 Å². The molecule has 8 heteroatoms. The number of carbonyl (C=O) groups excluding carboxylic acids is 2. The molecule has 1 aromatic rings. The van der Waals surface area contributed by atoms with Gasteiger partial charge < -0.3 is 19.3 Å². The van der Waals surface area contributed by atoms with E-state index in [0.29, 0.717) is 5.92 Å². The second-order valence-electron chi connectivity index (χ2n) is 8.33. The first-order valence-electron chi connectivity index (χ1n) is 9.28. The number of amides is 1. The fraction of sp³-hybridized carbons (Fsp3) is 0.684. The normalized spacial score (nSPS) is 20.9. The fourth-order valence-corrected chi connectivity index (χ4v) is 3.76. The van der Waals surface area contributed by atoms with Crippen LogP contribution < -0.4 is 4.90 Å². The number of ether oxygens (including phenoxy) is 2. The molecule has 27 heavy (non-hydrogen) atoms. The molecule has 8 nitrogen and oxygen atoms in total. The molecule has 148 valence electrons. The van der Waals surface area contributed by atoms with E-state index in [-0.39, 0.29) is 17.3 Å². The van der Waals surface area contributed by atoms with Crippen LogP contribution in [-0.4, -0.2) is 65.3 Å². The largest absolute Gasteiger partial charge is 0.464 e. The number of aromatic nitrogens is 2. The first-order valence-corrected chi connectivity index (χ1v) is 9.28. The molecular weight excluding hydrogens is 348 g/mol. The molecule has 2 fully saturated rings. The summed E-state index contributed by atoms with van der Waals surface area (Å²) in [6.07, 6.45) is 5.75. The average molecular weight is 376 g/mol. The second kappa shape index (κ2) is 6.98. The van der Waals surface area contributed by atoms with Crippen molar-refractivity contribution in [3.05, 3.63) is 18.1 Å². The summed E-state index contributed by atoms with van der Waals surface area (Å²) in [6, 6.07) is 0. The predicted molar refractivity (Wildman–Crippen MR) is 99.7 cm³/mol. The highest BCUT2D eigenvalue weighted by Crippen LogP contribution is 2.51. The Bertz CT molecular complexity index is 709. The minimum absolute atomic E-state index is 0.129. The van der Waals surface area contributed by atoms with Gasteiger partial charge in [-0.05, 0) is 40.0 Å². The highest BCUT2D eigenvalue weighted by atomic mass is 16.6. The maximum Gasteiger partial charge on any atom is 0.410 e. The van der Waals surface area contributed by atoms with Crippen LogP contribution in [0.5, 0.6) is 0 Å². The Labute approximate surface area is 159 Å². The Morgan fingerprint density at radius 3 is 2.48 bits per heavy atom. The van der Waals surface area contributed by atoms with Crippen molar-refractivity contribution in [3.8, 4) is 0 Å². The van der Waals surface area contributed by atoms with E-state index in [1.165, 1.54) is 13.3 Å². The smallest absolute Gasteiger partial charge is 0.410 e. The summed E-state index contributed by atoms with van der Waals surface area (Å²) in [5.41, 5.74) is -0.434. The topological polar surface area (TPSA) is 84.9 Å². The zero-order valence-electron chi connectivity index (χ0n) is 16.7. The molecule has 0 radical (unpaired) electrons. The quantitative estimate of drug-likeness (QED) is 0.746. The van der Waals surface area contributed by atoms with Crippen molar-refractivity contribution in [2.75, 3.05) is 32.1 Å². The number of hydrogen-bond acceptors (Lipinski definition) is 7. The number of methoxy groups -OCH3 is 1. The molecule has 3 rings (SSSR count). The van der Waals surface area contributed by atoms with Crippen LogP contribution in [0.4, 0.5) is 10.6 Å². The maximum absolute atomic E-state index is 12.5. The van der Waals surface area contributed by atoms with Gasteiger partial charge in [0.1, 0.15) is 11.4 Å². The van der Waals surface area contributed by atoms with Crippen LogP contribution in [0, 0.1) is 5.92 Å². The molecule has 1 amide bonds. The van der Waals surface area contributed by atoms with Gasteiger partial charge in [0.15, 0.2) is 5.69 Å². The van der Waals surface area contributed by atoms with E-state index in [1.54, 1.807) is 11.1 Å². The van der Waals surface area contributed by atoms with Gasteiger partial charge in [-0.2, -0.15) is 0 Å². The van der Waals surface area contributed by atoms with E-state index in [9.17, 15) is 9.59 Å². The molecule has 1 atom stereocenters. The number of hydrogen-bond donors (Lipinski definition) is 0. The average Bonchev–Trinajstić information content (AvgIpc) is 3.28. The van der Waals surface area contributed by atoms with Crippen LogP contribution in [0.2, 0.25) is 0 Å². The van der Waals surface area contributed by atoms with Crippen LogP contribution in [0.15, 0.2) is 12.4 Å². The lowest BCUT2D eigenvalue weighted by atomic mass is 9.95. The van der Waals surface area contributed by atoms with Gasteiger partial charge in [0.2, 0.25) is 0 Å². The van der Waals surface area contributed by atoms with Crippen molar-refractivity contribution >= 4 is 17.9 Å². The van der Waals surface area contributed by atoms with Crippen LogP contribution >= 0.6 is 0 Å². The van der Waals surface area contributed by atoms with Crippen molar-refractivity contribution in [2.24, 2.45) is 5.92 Å². The van der Waals surface area contributed by atoms with Gasteiger partial charge in [0.05, 0.1) is 25.0 Å². The van der Waals surface area contributed by atoms with E-state index < -0.39 is 11.6 Å². The van der Waals surface area contributed by atoms with E-state index in [2.05, 4.69) is 19.6 Å². The molecule has 1 saturated heterocycles. The van der Waals surface area contributed by atoms with Crippen molar-refractivity contribution in [1.29, 1.82) is 0 Å². The van der Waals surface area contributed by atoms with E-state index >= 15 is 0 Å². The minimum atomic E-state index is -0.500. The molecule has 0 N–H and O–H groups in total. The Balaban J connectivity index is 1.65. The number of rotatable bonds is 4. The van der Waals surface area contributed by atoms with Crippen molar-refractivity contribution < 1.29 is 19.1 Å². The van der Waals surface area contributed by atoms with Crippen LogP contribution in [0.1, 0.15) is 50.5 Å². The highest BCUT2D eigenvalue weighted by Gasteiger charge is 2.56. The lowest BCUT2D eigenvalue weighted by Crippen LogP contribution is -2.47. The lowest BCUT2D eigenvalue weighted by Gasteiger charge is -2.34. The summed E-state index contributed by atoms with van der Waals surface area (Å²) in [7, 11) is 3.16. The number of carbonyl (C=O) groups is 2. The van der Waals surface area contributed by atoms with Crippen LogP contribution in [0.25, 0.3) is 0 Å². The number of esters is 1. The summed E-state index contributed by atoms with van der Waals surface area (Å²) < 4.78 is 10.2. The summed E-state index contributed by atoms with van der Waals surface area (Å²) in [5, 5.41) is 0. The molecule has 1 aliphatic carbocycles. The van der Waals surface area contributed by atoms with Gasteiger partial charge in [0.25, 0.3) is 0 Å². The zero-order valence-corrected chi connectivity index (χ0v) is 16.7. The molecule has 2 aliphatic rings. The number of nitrogens with zero attached hydrogens (tertiary/aromatic N) is 4.